The third-order valence-electron chi connectivity index (χ3n) is 2.95. The largest absolute Gasteiger partial charge is 0.370 e. The summed E-state index contributed by atoms with van der Waals surface area (Å²) < 4.78 is 0. The van der Waals surface area contributed by atoms with Crippen molar-refractivity contribution in [3.8, 4) is 11.3 Å². The molecule has 0 unspecified atom stereocenters. The van der Waals surface area contributed by atoms with E-state index in [1.54, 1.807) is 12.5 Å². The quantitative estimate of drug-likeness (QED) is 0.776. The second-order valence-corrected chi connectivity index (χ2v) is 4.19. The Hall–Kier alpha value is -2.49. The van der Waals surface area contributed by atoms with E-state index in [1.165, 1.54) is 0 Å². The lowest BCUT2D eigenvalue weighted by Crippen LogP contribution is -2.00. The first-order valence-electron chi connectivity index (χ1n) is 6.28. The lowest BCUT2D eigenvalue weighted by molar-refractivity contribution is 1.11. The van der Waals surface area contributed by atoms with Gasteiger partial charge < -0.3 is 5.32 Å². The summed E-state index contributed by atoms with van der Waals surface area (Å²) in [5.41, 5.74) is 2.96. The second kappa shape index (κ2) is 5.02. The molecule has 2 heterocycles. The Labute approximate surface area is 111 Å². The molecule has 0 saturated heterocycles. The number of nitrogens with zero attached hydrogens (tertiary/aromatic N) is 3. The number of hydrogen-bond donors (Lipinski definition) is 1. The van der Waals surface area contributed by atoms with E-state index in [0.717, 1.165) is 34.5 Å². The Morgan fingerprint density at radius 3 is 2.89 bits per heavy atom. The van der Waals surface area contributed by atoms with Crippen LogP contribution in [0.25, 0.3) is 22.2 Å². The predicted octanol–water partition coefficient (Wildman–Crippen LogP) is 3.12. The molecule has 0 bridgehead atoms. The van der Waals surface area contributed by atoms with Crippen LogP contribution in [0.5, 0.6) is 0 Å². The minimum atomic E-state index is 0.841. The van der Waals surface area contributed by atoms with Gasteiger partial charge in [-0.15, -0.1) is 0 Å². The molecule has 1 N–H and O–H groups in total. The lowest BCUT2D eigenvalue weighted by Gasteiger charge is -2.07. The van der Waals surface area contributed by atoms with Gasteiger partial charge in [-0.05, 0) is 19.1 Å². The van der Waals surface area contributed by atoms with Crippen molar-refractivity contribution in [2.24, 2.45) is 0 Å². The molecule has 0 aliphatic rings. The average molecular weight is 250 g/mol. The Morgan fingerprint density at radius 2 is 2.00 bits per heavy atom. The van der Waals surface area contributed by atoms with Crippen molar-refractivity contribution in [2.75, 3.05) is 11.9 Å². The summed E-state index contributed by atoms with van der Waals surface area (Å²) in [6.07, 6.45) is 3.39. The Bertz CT molecular complexity index is 704. The van der Waals surface area contributed by atoms with Gasteiger partial charge in [-0.25, -0.2) is 9.97 Å². The fourth-order valence-corrected chi connectivity index (χ4v) is 2.11. The van der Waals surface area contributed by atoms with Crippen molar-refractivity contribution in [1.82, 2.24) is 15.0 Å². The summed E-state index contributed by atoms with van der Waals surface area (Å²) in [6, 6.07) is 12.0. The number of hydrogen-bond acceptors (Lipinski definition) is 4. The van der Waals surface area contributed by atoms with E-state index in [0.29, 0.717) is 0 Å². The Kier molecular flexibility index (Phi) is 3.06. The molecular weight excluding hydrogens is 236 g/mol. The van der Waals surface area contributed by atoms with Gasteiger partial charge in [-0.3, -0.25) is 4.98 Å². The minimum absolute atomic E-state index is 0.841. The van der Waals surface area contributed by atoms with E-state index in [9.17, 15) is 0 Å². The van der Waals surface area contributed by atoms with E-state index in [4.69, 9.17) is 0 Å². The molecule has 94 valence electrons. The third-order valence-corrected chi connectivity index (χ3v) is 2.95. The fraction of sp³-hybridized carbons (Fsp3) is 0.133. The molecule has 0 aliphatic carbocycles. The first kappa shape index (κ1) is 11.6. The molecular formula is C15H14N4. The van der Waals surface area contributed by atoms with E-state index in [-0.39, 0.29) is 0 Å². The molecule has 4 nitrogen and oxygen atoms in total. The van der Waals surface area contributed by atoms with Gasteiger partial charge in [0.1, 0.15) is 12.1 Å². The van der Waals surface area contributed by atoms with Crippen molar-refractivity contribution in [1.29, 1.82) is 0 Å². The van der Waals surface area contributed by atoms with Crippen molar-refractivity contribution in [3.63, 3.8) is 0 Å². The number of nitrogens with one attached hydrogen (secondary N) is 1. The first-order chi connectivity index (χ1) is 9.38. The SMILES string of the molecule is CCNc1cc(-c2cccc3ncccc23)ncn1. The summed E-state index contributed by atoms with van der Waals surface area (Å²) >= 11 is 0. The average Bonchev–Trinajstić information content (AvgIpc) is 2.47. The molecule has 0 atom stereocenters. The smallest absolute Gasteiger partial charge is 0.129 e. The summed E-state index contributed by atoms with van der Waals surface area (Å²) in [7, 11) is 0. The van der Waals surface area contributed by atoms with Gasteiger partial charge in [0.15, 0.2) is 0 Å². The molecule has 0 radical (unpaired) electrons. The fourth-order valence-electron chi connectivity index (χ4n) is 2.11. The van der Waals surface area contributed by atoms with E-state index in [1.807, 2.05) is 31.2 Å². The lowest BCUT2D eigenvalue weighted by atomic mass is 10.1. The first-order valence-corrected chi connectivity index (χ1v) is 6.28. The highest BCUT2D eigenvalue weighted by Crippen LogP contribution is 2.26. The molecule has 3 rings (SSSR count). The van der Waals surface area contributed by atoms with Crippen LogP contribution in [-0.4, -0.2) is 21.5 Å². The topological polar surface area (TPSA) is 50.7 Å². The number of pyridine rings is 1. The zero-order chi connectivity index (χ0) is 13.1. The van der Waals surface area contributed by atoms with Crippen molar-refractivity contribution < 1.29 is 0 Å². The third kappa shape index (κ3) is 2.25. The summed E-state index contributed by atoms with van der Waals surface area (Å²) in [5, 5.41) is 4.30. The molecule has 0 spiro atoms. The minimum Gasteiger partial charge on any atom is -0.370 e. The van der Waals surface area contributed by atoms with Crippen LogP contribution >= 0.6 is 0 Å². The molecule has 0 saturated carbocycles. The van der Waals surface area contributed by atoms with Gasteiger partial charge in [0.25, 0.3) is 0 Å². The maximum Gasteiger partial charge on any atom is 0.129 e. The molecule has 3 aromatic rings. The van der Waals surface area contributed by atoms with Crippen LogP contribution in [0.1, 0.15) is 6.92 Å². The molecule has 4 heteroatoms. The maximum absolute atomic E-state index is 4.37. The Morgan fingerprint density at radius 1 is 1.05 bits per heavy atom. The van der Waals surface area contributed by atoms with Crippen LogP contribution in [0.3, 0.4) is 0 Å². The molecule has 1 aromatic carbocycles. The van der Waals surface area contributed by atoms with Gasteiger partial charge in [0.05, 0.1) is 11.2 Å². The number of benzene rings is 1. The van der Waals surface area contributed by atoms with Crippen molar-refractivity contribution >= 4 is 16.7 Å². The standard InChI is InChI=1S/C15H14N4/c1-2-16-15-9-14(18-10-19-15)12-5-3-7-13-11(12)6-4-8-17-13/h3-10H,2H2,1H3,(H,16,18,19). The second-order valence-electron chi connectivity index (χ2n) is 4.19. The number of fused-ring (bicyclic) bond motifs is 1. The van der Waals surface area contributed by atoms with Crippen LogP contribution in [0.2, 0.25) is 0 Å². The van der Waals surface area contributed by atoms with Crippen molar-refractivity contribution in [2.45, 2.75) is 6.92 Å². The van der Waals surface area contributed by atoms with Gasteiger partial charge >= 0.3 is 0 Å². The van der Waals surface area contributed by atoms with Crippen molar-refractivity contribution in [3.05, 3.63) is 48.9 Å². The number of anilines is 1. The highest BCUT2D eigenvalue weighted by molar-refractivity contribution is 5.93. The van der Waals surface area contributed by atoms with Crippen LogP contribution in [0, 0.1) is 0 Å². The van der Waals surface area contributed by atoms with Crippen LogP contribution < -0.4 is 5.32 Å². The molecule has 0 fully saturated rings. The normalized spacial score (nSPS) is 10.6. The number of aromatic nitrogens is 3. The van der Waals surface area contributed by atoms with E-state index >= 15 is 0 Å². The summed E-state index contributed by atoms with van der Waals surface area (Å²) in [5.74, 6) is 0.841. The highest BCUT2D eigenvalue weighted by atomic mass is 15.0. The molecule has 2 aromatic heterocycles. The molecule has 0 aliphatic heterocycles. The van der Waals surface area contributed by atoms with Crippen LogP contribution in [-0.2, 0) is 0 Å². The van der Waals surface area contributed by atoms with Crippen LogP contribution in [0.4, 0.5) is 5.82 Å². The van der Waals surface area contributed by atoms with Gasteiger partial charge in [0, 0.05) is 29.8 Å². The monoisotopic (exact) mass is 250 g/mol. The maximum atomic E-state index is 4.37. The van der Waals surface area contributed by atoms with E-state index in [2.05, 4.69) is 32.4 Å². The van der Waals surface area contributed by atoms with Gasteiger partial charge in [-0.2, -0.15) is 0 Å². The molecule has 19 heavy (non-hydrogen) atoms. The van der Waals surface area contributed by atoms with E-state index < -0.39 is 0 Å². The van der Waals surface area contributed by atoms with Crippen LogP contribution in [0.15, 0.2) is 48.9 Å². The van der Waals surface area contributed by atoms with Gasteiger partial charge in [-0.1, -0.05) is 18.2 Å². The van der Waals surface area contributed by atoms with Gasteiger partial charge in [0.2, 0.25) is 0 Å². The number of rotatable bonds is 3. The predicted molar refractivity (Wildman–Crippen MR) is 76.9 cm³/mol. The summed E-state index contributed by atoms with van der Waals surface area (Å²) in [6.45, 7) is 2.89. The molecule has 0 amide bonds. The zero-order valence-corrected chi connectivity index (χ0v) is 10.7. The Balaban J connectivity index is 2.16. The zero-order valence-electron chi connectivity index (χ0n) is 10.7. The highest BCUT2D eigenvalue weighted by Gasteiger charge is 2.06. The summed E-state index contributed by atoms with van der Waals surface area (Å²) in [4.78, 5) is 12.9.